The molecule has 0 atom stereocenters. The van der Waals surface area contributed by atoms with E-state index >= 15 is 0 Å². The number of aromatic nitrogens is 4. The Labute approximate surface area is 189 Å². The number of ether oxygens (including phenoxy) is 1. The lowest BCUT2D eigenvalue weighted by molar-refractivity contribution is 0.0523. The number of carbonyl (C=O) groups excluding carboxylic acids is 2. The van der Waals surface area contributed by atoms with E-state index in [9.17, 15) is 14.4 Å². The van der Waals surface area contributed by atoms with Gasteiger partial charge in [0.25, 0.3) is 11.5 Å². The van der Waals surface area contributed by atoms with Crippen molar-refractivity contribution < 1.29 is 14.3 Å². The summed E-state index contributed by atoms with van der Waals surface area (Å²) in [7, 11) is 0. The van der Waals surface area contributed by atoms with Crippen molar-refractivity contribution in [3.63, 3.8) is 0 Å². The molecule has 0 radical (unpaired) electrons. The highest BCUT2D eigenvalue weighted by atomic mass is 16.5. The second-order valence-corrected chi connectivity index (χ2v) is 7.84. The topological polar surface area (TPSA) is 108 Å². The van der Waals surface area contributed by atoms with Crippen LogP contribution in [0.15, 0.2) is 64.8 Å². The number of esters is 1. The second kappa shape index (κ2) is 9.15. The van der Waals surface area contributed by atoms with Gasteiger partial charge in [0.2, 0.25) is 0 Å². The van der Waals surface area contributed by atoms with E-state index in [4.69, 9.17) is 4.74 Å². The number of rotatable bonds is 5. The van der Waals surface area contributed by atoms with Crippen LogP contribution in [0.4, 0.5) is 0 Å². The standard InChI is InChI=1S/C24H23N5O4/c1-4-33-24(32)18-13-17-20(26-19-7-5-6-12-28(19)23(17)31)29(14-15(2)3)21(18)27-22(30)16-8-10-25-11-9-16/h5-13,15H,4,14H2,1-3H3. The van der Waals surface area contributed by atoms with Gasteiger partial charge in [-0.15, -0.1) is 0 Å². The van der Waals surface area contributed by atoms with Crippen LogP contribution in [-0.4, -0.2) is 37.4 Å². The van der Waals surface area contributed by atoms with Crippen molar-refractivity contribution in [3.05, 3.63) is 82.0 Å². The molecule has 0 aromatic carbocycles. The van der Waals surface area contributed by atoms with Gasteiger partial charge in [-0.2, -0.15) is 4.99 Å². The molecule has 0 unspecified atom stereocenters. The summed E-state index contributed by atoms with van der Waals surface area (Å²) in [4.78, 5) is 52.0. The van der Waals surface area contributed by atoms with Gasteiger partial charge < -0.3 is 9.30 Å². The monoisotopic (exact) mass is 445 g/mol. The van der Waals surface area contributed by atoms with Crippen molar-refractivity contribution in [2.24, 2.45) is 10.9 Å². The lowest BCUT2D eigenvalue weighted by atomic mass is 10.1. The summed E-state index contributed by atoms with van der Waals surface area (Å²) in [5.74, 6) is -1.11. The first-order valence-corrected chi connectivity index (χ1v) is 10.6. The fourth-order valence-electron chi connectivity index (χ4n) is 3.55. The highest BCUT2D eigenvalue weighted by Gasteiger charge is 2.20. The molecule has 0 aliphatic rings. The van der Waals surface area contributed by atoms with Gasteiger partial charge in [-0.25, -0.2) is 9.78 Å². The zero-order chi connectivity index (χ0) is 23.5. The quantitative estimate of drug-likeness (QED) is 0.345. The molecule has 0 aliphatic carbocycles. The summed E-state index contributed by atoms with van der Waals surface area (Å²) in [5, 5.41) is 0.234. The summed E-state index contributed by atoms with van der Waals surface area (Å²) < 4.78 is 8.29. The van der Waals surface area contributed by atoms with Crippen molar-refractivity contribution in [3.8, 4) is 0 Å². The van der Waals surface area contributed by atoms with Crippen LogP contribution < -0.4 is 11.0 Å². The molecule has 4 rings (SSSR count). The van der Waals surface area contributed by atoms with Crippen LogP contribution in [0.5, 0.6) is 0 Å². The summed E-state index contributed by atoms with van der Waals surface area (Å²) in [5.41, 5.74) is 0.913. The molecule has 4 aromatic rings. The molecule has 4 aromatic heterocycles. The van der Waals surface area contributed by atoms with E-state index in [0.717, 1.165) is 0 Å². The highest BCUT2D eigenvalue weighted by molar-refractivity contribution is 5.97. The Morgan fingerprint density at radius 1 is 1.15 bits per heavy atom. The third-order valence-corrected chi connectivity index (χ3v) is 4.97. The first-order valence-electron chi connectivity index (χ1n) is 10.6. The predicted molar refractivity (Wildman–Crippen MR) is 122 cm³/mol. The van der Waals surface area contributed by atoms with E-state index in [2.05, 4.69) is 15.0 Å². The van der Waals surface area contributed by atoms with Crippen LogP contribution in [-0.2, 0) is 11.3 Å². The molecule has 0 spiro atoms. The Kier molecular flexibility index (Phi) is 6.12. The SMILES string of the molecule is CCOC(=O)c1cc2c(=O)n3ccccc3nc2n(CC(C)C)c1=NC(=O)c1ccncc1. The molecule has 1 amide bonds. The Morgan fingerprint density at radius 3 is 2.61 bits per heavy atom. The first kappa shape index (κ1) is 22.1. The van der Waals surface area contributed by atoms with Gasteiger partial charge in [0, 0.05) is 30.7 Å². The first-order chi connectivity index (χ1) is 15.9. The number of hydrogen-bond acceptors (Lipinski definition) is 6. The third kappa shape index (κ3) is 4.30. The number of hydrogen-bond donors (Lipinski definition) is 0. The normalized spacial score (nSPS) is 11.9. The fraction of sp³-hybridized carbons (Fsp3) is 0.250. The van der Waals surface area contributed by atoms with Crippen LogP contribution in [0.1, 0.15) is 41.5 Å². The van der Waals surface area contributed by atoms with Gasteiger partial charge in [0.1, 0.15) is 16.9 Å². The van der Waals surface area contributed by atoms with E-state index < -0.39 is 11.9 Å². The van der Waals surface area contributed by atoms with E-state index in [1.807, 2.05) is 13.8 Å². The van der Waals surface area contributed by atoms with E-state index in [1.54, 1.807) is 48.0 Å². The van der Waals surface area contributed by atoms with Crippen LogP contribution in [0.2, 0.25) is 0 Å². The van der Waals surface area contributed by atoms with Crippen molar-refractivity contribution in [1.82, 2.24) is 18.9 Å². The van der Waals surface area contributed by atoms with Crippen molar-refractivity contribution in [1.29, 1.82) is 0 Å². The van der Waals surface area contributed by atoms with Gasteiger partial charge in [0.05, 0.1) is 12.0 Å². The molecule has 9 heteroatoms. The maximum absolute atomic E-state index is 13.3. The Morgan fingerprint density at radius 2 is 1.91 bits per heavy atom. The number of amides is 1. The largest absolute Gasteiger partial charge is 0.462 e. The van der Waals surface area contributed by atoms with Gasteiger partial charge in [-0.3, -0.25) is 19.0 Å². The van der Waals surface area contributed by atoms with Crippen molar-refractivity contribution >= 4 is 28.6 Å². The summed E-state index contributed by atoms with van der Waals surface area (Å²) in [6.07, 6.45) is 4.60. The molecule has 4 heterocycles. The number of carbonyl (C=O) groups is 2. The summed E-state index contributed by atoms with van der Waals surface area (Å²) in [6, 6.07) is 9.74. The number of nitrogens with zero attached hydrogens (tertiary/aromatic N) is 5. The van der Waals surface area contributed by atoms with Gasteiger partial charge in [-0.1, -0.05) is 19.9 Å². The van der Waals surface area contributed by atoms with E-state index in [1.165, 1.54) is 22.9 Å². The van der Waals surface area contributed by atoms with E-state index in [-0.39, 0.29) is 34.5 Å². The van der Waals surface area contributed by atoms with E-state index in [0.29, 0.717) is 23.4 Å². The van der Waals surface area contributed by atoms with Crippen LogP contribution in [0.3, 0.4) is 0 Å². The molecule has 0 fully saturated rings. The summed E-state index contributed by atoms with van der Waals surface area (Å²) in [6.45, 7) is 6.16. The molecular formula is C24H23N5O4. The molecule has 0 aliphatic heterocycles. The molecular weight excluding hydrogens is 422 g/mol. The number of fused-ring (bicyclic) bond motifs is 2. The van der Waals surface area contributed by atoms with Crippen LogP contribution >= 0.6 is 0 Å². The van der Waals surface area contributed by atoms with Crippen LogP contribution in [0, 0.1) is 5.92 Å². The third-order valence-electron chi connectivity index (χ3n) is 4.97. The van der Waals surface area contributed by atoms with Crippen molar-refractivity contribution in [2.45, 2.75) is 27.3 Å². The molecule has 9 nitrogen and oxygen atoms in total. The minimum atomic E-state index is -0.671. The zero-order valence-electron chi connectivity index (χ0n) is 18.6. The minimum absolute atomic E-state index is 0.0298. The summed E-state index contributed by atoms with van der Waals surface area (Å²) >= 11 is 0. The maximum atomic E-state index is 13.3. The molecule has 168 valence electrons. The number of pyridine rings is 3. The predicted octanol–water partition coefficient (Wildman–Crippen LogP) is 2.62. The Bertz CT molecular complexity index is 1490. The molecule has 0 saturated heterocycles. The highest BCUT2D eigenvalue weighted by Crippen LogP contribution is 2.13. The minimum Gasteiger partial charge on any atom is -0.462 e. The van der Waals surface area contributed by atoms with Crippen LogP contribution in [0.25, 0.3) is 16.7 Å². The average Bonchev–Trinajstić information content (AvgIpc) is 2.81. The smallest absolute Gasteiger partial charge is 0.341 e. The Hall–Kier alpha value is -4.14. The van der Waals surface area contributed by atoms with Gasteiger partial charge in [-0.05, 0) is 43.2 Å². The molecule has 0 saturated carbocycles. The lowest BCUT2D eigenvalue weighted by Crippen LogP contribution is -2.33. The molecule has 0 bridgehead atoms. The fourth-order valence-corrected chi connectivity index (χ4v) is 3.55. The Balaban J connectivity index is 2.14. The molecule has 33 heavy (non-hydrogen) atoms. The molecule has 0 N–H and O–H groups in total. The van der Waals surface area contributed by atoms with Gasteiger partial charge >= 0.3 is 5.97 Å². The zero-order valence-corrected chi connectivity index (χ0v) is 18.6. The average molecular weight is 445 g/mol. The maximum Gasteiger partial charge on any atom is 0.341 e. The lowest BCUT2D eigenvalue weighted by Gasteiger charge is -2.16. The van der Waals surface area contributed by atoms with Crippen molar-refractivity contribution in [2.75, 3.05) is 6.61 Å². The van der Waals surface area contributed by atoms with Gasteiger partial charge in [0.15, 0.2) is 5.49 Å². The second-order valence-electron chi connectivity index (χ2n) is 7.84.